The third-order valence-corrected chi connectivity index (χ3v) is 3.86. The molecular formula is C19H19ClN2. The lowest BCUT2D eigenvalue weighted by atomic mass is 10.0. The summed E-state index contributed by atoms with van der Waals surface area (Å²) in [6.45, 7) is 6.26. The fourth-order valence-electron chi connectivity index (χ4n) is 2.35. The molecule has 2 aromatic rings. The minimum absolute atomic E-state index is 0.632. The normalized spacial score (nSPS) is 11.1. The number of rotatable bonds is 5. The maximum atomic E-state index is 9.37. The van der Waals surface area contributed by atoms with Crippen molar-refractivity contribution in [1.82, 2.24) is 0 Å². The van der Waals surface area contributed by atoms with Gasteiger partial charge in [-0.05, 0) is 55.3 Å². The molecule has 0 aromatic heterocycles. The minimum atomic E-state index is 0.632. The van der Waals surface area contributed by atoms with E-state index in [-0.39, 0.29) is 0 Å². The summed E-state index contributed by atoms with van der Waals surface area (Å²) in [5, 5.41) is 10.0. The molecule has 22 heavy (non-hydrogen) atoms. The molecule has 0 aliphatic carbocycles. The maximum Gasteiger partial charge on any atom is 0.0998 e. The van der Waals surface area contributed by atoms with Gasteiger partial charge < -0.3 is 4.90 Å². The van der Waals surface area contributed by atoms with Crippen molar-refractivity contribution in [2.24, 2.45) is 0 Å². The van der Waals surface area contributed by atoms with E-state index in [2.05, 4.69) is 36.9 Å². The summed E-state index contributed by atoms with van der Waals surface area (Å²) in [4.78, 5) is 2.29. The molecule has 0 radical (unpaired) electrons. The van der Waals surface area contributed by atoms with Crippen molar-refractivity contribution in [2.75, 3.05) is 18.0 Å². The second-order valence-corrected chi connectivity index (χ2v) is 5.38. The summed E-state index contributed by atoms with van der Waals surface area (Å²) in [7, 11) is 0. The van der Waals surface area contributed by atoms with Crippen LogP contribution in [-0.4, -0.2) is 13.1 Å². The quantitative estimate of drug-likeness (QED) is 0.557. The molecule has 0 spiro atoms. The van der Waals surface area contributed by atoms with Crippen LogP contribution in [0.2, 0.25) is 5.02 Å². The standard InChI is InChI=1S/C19H19ClN2/c1-3-22(4-2)19-11-5-15(6-12-19)13-17(14-21)16-7-9-18(20)10-8-16/h5-13H,3-4H2,1-2H3/b17-13+. The first kappa shape index (κ1) is 16.1. The molecule has 0 N–H and O–H groups in total. The van der Waals surface area contributed by atoms with Gasteiger partial charge in [-0.25, -0.2) is 0 Å². The predicted molar refractivity (Wildman–Crippen MR) is 94.9 cm³/mol. The molecular weight excluding hydrogens is 292 g/mol. The number of anilines is 1. The molecule has 0 aliphatic heterocycles. The van der Waals surface area contributed by atoms with Crippen LogP contribution in [0.25, 0.3) is 11.6 Å². The molecule has 0 saturated carbocycles. The summed E-state index contributed by atoms with van der Waals surface area (Å²) >= 11 is 5.89. The number of benzene rings is 2. The number of nitriles is 1. The van der Waals surface area contributed by atoms with E-state index in [4.69, 9.17) is 11.6 Å². The molecule has 0 aliphatic rings. The lowest BCUT2D eigenvalue weighted by molar-refractivity contribution is 0.866. The zero-order valence-electron chi connectivity index (χ0n) is 12.9. The average Bonchev–Trinajstić information content (AvgIpc) is 2.56. The first-order valence-corrected chi connectivity index (χ1v) is 7.78. The van der Waals surface area contributed by atoms with E-state index in [1.807, 2.05) is 30.3 Å². The Morgan fingerprint density at radius 1 is 1.05 bits per heavy atom. The van der Waals surface area contributed by atoms with Gasteiger partial charge in [0.05, 0.1) is 11.6 Å². The summed E-state index contributed by atoms with van der Waals surface area (Å²) in [5.74, 6) is 0. The lowest BCUT2D eigenvalue weighted by Crippen LogP contribution is -2.21. The molecule has 0 bridgehead atoms. The van der Waals surface area contributed by atoms with Gasteiger partial charge in [-0.15, -0.1) is 0 Å². The first-order chi connectivity index (χ1) is 10.7. The van der Waals surface area contributed by atoms with Crippen LogP contribution >= 0.6 is 11.6 Å². The molecule has 0 amide bonds. The number of hydrogen-bond acceptors (Lipinski definition) is 2. The van der Waals surface area contributed by atoms with Gasteiger partial charge in [0.15, 0.2) is 0 Å². The molecule has 2 aromatic carbocycles. The van der Waals surface area contributed by atoms with Crippen molar-refractivity contribution in [2.45, 2.75) is 13.8 Å². The molecule has 112 valence electrons. The fraction of sp³-hybridized carbons (Fsp3) is 0.211. The van der Waals surface area contributed by atoms with Crippen molar-refractivity contribution in [3.05, 3.63) is 64.7 Å². The van der Waals surface area contributed by atoms with Crippen LogP contribution in [0.4, 0.5) is 5.69 Å². The molecule has 0 unspecified atom stereocenters. The Hall–Kier alpha value is -2.24. The second-order valence-electron chi connectivity index (χ2n) is 4.94. The topological polar surface area (TPSA) is 27.0 Å². The Kier molecular flexibility index (Phi) is 5.63. The zero-order chi connectivity index (χ0) is 15.9. The first-order valence-electron chi connectivity index (χ1n) is 7.40. The molecule has 0 heterocycles. The van der Waals surface area contributed by atoms with Crippen molar-refractivity contribution >= 4 is 28.9 Å². The van der Waals surface area contributed by atoms with Crippen LogP contribution in [-0.2, 0) is 0 Å². The molecule has 3 heteroatoms. The molecule has 2 rings (SSSR count). The molecule has 0 saturated heterocycles. The second kappa shape index (κ2) is 7.68. The Bertz CT molecular complexity index is 675. The van der Waals surface area contributed by atoms with Crippen LogP contribution in [0, 0.1) is 11.3 Å². The fourth-order valence-corrected chi connectivity index (χ4v) is 2.47. The van der Waals surface area contributed by atoms with Gasteiger partial charge in [0.2, 0.25) is 0 Å². The van der Waals surface area contributed by atoms with E-state index in [0.717, 1.165) is 24.2 Å². The van der Waals surface area contributed by atoms with Crippen LogP contribution in [0.5, 0.6) is 0 Å². The predicted octanol–water partition coefficient (Wildman–Crippen LogP) is 5.25. The Labute approximate surface area is 137 Å². The van der Waals surface area contributed by atoms with E-state index in [9.17, 15) is 5.26 Å². The van der Waals surface area contributed by atoms with Gasteiger partial charge in [0, 0.05) is 23.8 Å². The minimum Gasteiger partial charge on any atom is -0.372 e. The van der Waals surface area contributed by atoms with Gasteiger partial charge in [-0.2, -0.15) is 5.26 Å². The van der Waals surface area contributed by atoms with E-state index < -0.39 is 0 Å². The van der Waals surface area contributed by atoms with E-state index in [1.165, 1.54) is 5.69 Å². The van der Waals surface area contributed by atoms with Gasteiger partial charge in [-0.1, -0.05) is 35.9 Å². The number of halogens is 1. The highest BCUT2D eigenvalue weighted by Gasteiger charge is 2.03. The SMILES string of the molecule is CCN(CC)c1ccc(/C=C(\C#N)c2ccc(Cl)cc2)cc1. The highest BCUT2D eigenvalue weighted by atomic mass is 35.5. The third-order valence-electron chi connectivity index (χ3n) is 3.61. The van der Waals surface area contributed by atoms with Gasteiger partial charge in [0.1, 0.15) is 0 Å². The smallest absolute Gasteiger partial charge is 0.0998 e. The van der Waals surface area contributed by atoms with E-state index >= 15 is 0 Å². The lowest BCUT2D eigenvalue weighted by Gasteiger charge is -2.20. The third kappa shape index (κ3) is 3.90. The number of allylic oxidation sites excluding steroid dienone is 1. The summed E-state index contributed by atoms with van der Waals surface area (Å²) in [6.07, 6.45) is 1.90. The van der Waals surface area contributed by atoms with Crippen LogP contribution in [0.15, 0.2) is 48.5 Å². The van der Waals surface area contributed by atoms with Crippen LogP contribution < -0.4 is 4.90 Å². The van der Waals surface area contributed by atoms with Crippen LogP contribution in [0.1, 0.15) is 25.0 Å². The number of nitrogens with zero attached hydrogens (tertiary/aromatic N) is 2. The summed E-state index contributed by atoms with van der Waals surface area (Å²) in [6, 6.07) is 17.8. The summed E-state index contributed by atoms with van der Waals surface area (Å²) in [5.41, 5.74) is 3.72. The largest absolute Gasteiger partial charge is 0.372 e. The monoisotopic (exact) mass is 310 g/mol. The maximum absolute atomic E-state index is 9.37. The van der Waals surface area contributed by atoms with Gasteiger partial charge in [-0.3, -0.25) is 0 Å². The molecule has 0 atom stereocenters. The van der Waals surface area contributed by atoms with Gasteiger partial charge in [0.25, 0.3) is 0 Å². The van der Waals surface area contributed by atoms with Crippen molar-refractivity contribution in [3.8, 4) is 6.07 Å². The van der Waals surface area contributed by atoms with E-state index in [0.29, 0.717) is 10.6 Å². The highest BCUT2D eigenvalue weighted by molar-refractivity contribution is 6.30. The zero-order valence-corrected chi connectivity index (χ0v) is 13.6. The molecule has 2 nitrogen and oxygen atoms in total. The Balaban J connectivity index is 2.27. The number of hydrogen-bond donors (Lipinski definition) is 0. The Morgan fingerprint density at radius 2 is 1.64 bits per heavy atom. The van der Waals surface area contributed by atoms with E-state index in [1.54, 1.807) is 12.1 Å². The molecule has 0 fully saturated rings. The average molecular weight is 311 g/mol. The van der Waals surface area contributed by atoms with Gasteiger partial charge >= 0.3 is 0 Å². The van der Waals surface area contributed by atoms with Crippen LogP contribution in [0.3, 0.4) is 0 Å². The summed E-state index contributed by atoms with van der Waals surface area (Å²) < 4.78 is 0. The van der Waals surface area contributed by atoms with Crippen molar-refractivity contribution in [3.63, 3.8) is 0 Å². The van der Waals surface area contributed by atoms with Crippen molar-refractivity contribution in [1.29, 1.82) is 5.26 Å². The van der Waals surface area contributed by atoms with Crippen molar-refractivity contribution < 1.29 is 0 Å². The Morgan fingerprint density at radius 3 is 2.14 bits per heavy atom. The highest BCUT2D eigenvalue weighted by Crippen LogP contribution is 2.21.